The number of aliphatic hydroxyl groups excluding tert-OH is 1. The SMILES string of the molecule is OCc1cc(OCl)c(OCl)c(OCl)c1. The lowest BCUT2D eigenvalue weighted by Crippen LogP contribution is -1.91. The Labute approximate surface area is 95.4 Å². The van der Waals surface area contributed by atoms with Gasteiger partial charge >= 0.3 is 0 Å². The molecule has 0 atom stereocenters. The van der Waals surface area contributed by atoms with Gasteiger partial charge in [-0.3, -0.25) is 0 Å². The zero-order valence-electron chi connectivity index (χ0n) is 6.67. The highest BCUT2D eigenvalue weighted by Gasteiger charge is 2.15. The van der Waals surface area contributed by atoms with E-state index in [-0.39, 0.29) is 23.9 Å². The topological polar surface area (TPSA) is 47.9 Å². The summed E-state index contributed by atoms with van der Waals surface area (Å²) >= 11 is 15.5. The summed E-state index contributed by atoms with van der Waals surface area (Å²) in [5.74, 6) is 0.238. The molecule has 0 aliphatic rings. The lowest BCUT2D eigenvalue weighted by molar-refractivity contribution is 0.281. The fourth-order valence-electron chi connectivity index (χ4n) is 0.913. The summed E-state index contributed by atoms with van der Waals surface area (Å²) in [6, 6.07) is 2.87. The molecule has 0 saturated heterocycles. The Hall–Kier alpha value is -0.550. The van der Waals surface area contributed by atoms with Gasteiger partial charge in [0.15, 0.2) is 11.5 Å². The lowest BCUT2D eigenvalue weighted by Gasteiger charge is -2.08. The number of rotatable bonds is 4. The molecule has 0 aliphatic heterocycles. The third kappa shape index (κ3) is 2.27. The Bertz CT molecular complexity index is 293. The van der Waals surface area contributed by atoms with E-state index in [1.54, 1.807) is 0 Å². The Balaban J connectivity index is 3.24. The zero-order valence-corrected chi connectivity index (χ0v) is 8.94. The van der Waals surface area contributed by atoms with Gasteiger partial charge in [0.1, 0.15) is 35.6 Å². The first-order valence-electron chi connectivity index (χ1n) is 3.40. The van der Waals surface area contributed by atoms with E-state index >= 15 is 0 Å². The van der Waals surface area contributed by atoms with Crippen LogP contribution in [0.4, 0.5) is 0 Å². The maximum atomic E-state index is 8.87. The van der Waals surface area contributed by atoms with Crippen LogP contribution in [-0.2, 0) is 6.61 Å². The van der Waals surface area contributed by atoms with Crippen molar-refractivity contribution in [3.8, 4) is 17.2 Å². The van der Waals surface area contributed by atoms with Gasteiger partial charge in [0.25, 0.3) is 0 Å². The molecule has 0 unspecified atom stereocenters. The first-order chi connectivity index (χ1) is 6.76. The average Bonchev–Trinajstić information content (AvgIpc) is 2.26. The molecule has 0 aliphatic carbocycles. The standard InChI is InChI=1S/C7H5Cl3O4/c8-12-5-1-4(3-11)2-6(13-9)7(5)14-10/h1-2,11H,3H2. The Morgan fingerprint density at radius 3 is 1.79 bits per heavy atom. The number of halogens is 3. The second-order valence-electron chi connectivity index (χ2n) is 2.31. The molecule has 0 fully saturated rings. The molecule has 1 N–H and O–H groups in total. The van der Waals surface area contributed by atoms with Crippen molar-refractivity contribution in [3.63, 3.8) is 0 Å². The molecule has 1 rings (SSSR count). The predicted molar refractivity (Wildman–Crippen MR) is 51.8 cm³/mol. The summed E-state index contributed by atoms with van der Waals surface area (Å²) in [6.45, 7) is -0.219. The first kappa shape index (κ1) is 11.5. The molecule has 78 valence electrons. The van der Waals surface area contributed by atoms with Crippen molar-refractivity contribution in [2.45, 2.75) is 6.61 Å². The number of aliphatic hydroxyl groups is 1. The minimum Gasteiger partial charge on any atom is -0.392 e. The number of benzene rings is 1. The van der Waals surface area contributed by atoms with Gasteiger partial charge in [-0.25, -0.2) is 0 Å². The van der Waals surface area contributed by atoms with E-state index in [2.05, 4.69) is 12.9 Å². The van der Waals surface area contributed by atoms with Crippen LogP contribution in [0.3, 0.4) is 0 Å². The van der Waals surface area contributed by atoms with Crippen LogP contribution in [0.15, 0.2) is 12.1 Å². The quantitative estimate of drug-likeness (QED) is 0.903. The molecular weight excluding hydrogens is 254 g/mol. The fourth-order valence-corrected chi connectivity index (χ4v) is 1.29. The average molecular weight is 259 g/mol. The van der Waals surface area contributed by atoms with E-state index in [4.69, 9.17) is 40.7 Å². The molecule has 0 spiro atoms. The Morgan fingerprint density at radius 1 is 1.00 bits per heavy atom. The van der Waals surface area contributed by atoms with E-state index in [0.717, 1.165) is 0 Å². The Kier molecular flexibility index (Phi) is 4.41. The van der Waals surface area contributed by atoms with Gasteiger partial charge < -0.3 is 18.0 Å². The third-order valence-corrected chi connectivity index (χ3v) is 1.99. The highest BCUT2D eigenvalue weighted by atomic mass is 35.5. The predicted octanol–water partition coefficient (Wildman–Crippen LogP) is 2.78. The summed E-state index contributed by atoms with van der Waals surface area (Å²) in [5.41, 5.74) is 0.494. The molecule has 0 radical (unpaired) electrons. The first-order valence-corrected chi connectivity index (χ1v) is 4.33. The van der Waals surface area contributed by atoms with Crippen molar-refractivity contribution in [2.24, 2.45) is 0 Å². The Morgan fingerprint density at radius 2 is 1.50 bits per heavy atom. The molecule has 14 heavy (non-hydrogen) atoms. The highest BCUT2D eigenvalue weighted by Crippen LogP contribution is 2.40. The second-order valence-corrected chi connectivity index (χ2v) is 2.77. The van der Waals surface area contributed by atoms with Crippen molar-refractivity contribution in [2.75, 3.05) is 0 Å². The summed E-state index contributed by atoms with van der Waals surface area (Å²) in [4.78, 5) is 0. The van der Waals surface area contributed by atoms with Gasteiger partial charge in [-0.15, -0.1) is 0 Å². The molecule has 4 nitrogen and oxygen atoms in total. The van der Waals surface area contributed by atoms with Crippen LogP contribution in [0.2, 0.25) is 0 Å². The van der Waals surface area contributed by atoms with Crippen molar-refractivity contribution in [1.29, 1.82) is 0 Å². The normalized spacial score (nSPS) is 9.71. The van der Waals surface area contributed by atoms with Gasteiger partial charge in [0.05, 0.1) is 6.61 Å². The van der Waals surface area contributed by atoms with Gasteiger partial charge in [0.2, 0.25) is 5.75 Å². The molecular formula is C7H5Cl3O4. The highest BCUT2D eigenvalue weighted by molar-refractivity contribution is 6.12. The van der Waals surface area contributed by atoms with Crippen LogP contribution < -0.4 is 12.9 Å². The minimum absolute atomic E-state index is 0.0360. The molecule has 1 aromatic carbocycles. The maximum absolute atomic E-state index is 8.87. The van der Waals surface area contributed by atoms with Gasteiger partial charge in [-0.05, 0) is 17.7 Å². The smallest absolute Gasteiger partial charge is 0.234 e. The van der Waals surface area contributed by atoms with E-state index in [1.807, 2.05) is 0 Å². The van der Waals surface area contributed by atoms with Crippen molar-refractivity contribution in [1.82, 2.24) is 0 Å². The third-order valence-electron chi connectivity index (χ3n) is 1.51. The fraction of sp³-hybridized carbons (Fsp3) is 0.143. The van der Waals surface area contributed by atoms with Crippen molar-refractivity contribution >= 4 is 35.6 Å². The lowest BCUT2D eigenvalue weighted by atomic mass is 10.2. The summed E-state index contributed by atoms with van der Waals surface area (Å²) < 4.78 is 13.3. The van der Waals surface area contributed by atoms with Gasteiger partial charge in [-0.1, -0.05) is 0 Å². The maximum Gasteiger partial charge on any atom is 0.234 e. The van der Waals surface area contributed by atoms with Crippen LogP contribution in [0.25, 0.3) is 0 Å². The summed E-state index contributed by atoms with van der Waals surface area (Å²) in [7, 11) is 0. The largest absolute Gasteiger partial charge is 0.392 e. The van der Waals surface area contributed by atoms with Crippen molar-refractivity contribution < 1.29 is 18.0 Å². The molecule has 0 heterocycles. The second kappa shape index (κ2) is 5.36. The van der Waals surface area contributed by atoms with Crippen LogP contribution in [-0.4, -0.2) is 5.11 Å². The number of hydrogen-bond acceptors (Lipinski definition) is 4. The van der Waals surface area contributed by atoms with Crippen LogP contribution in [0, 0.1) is 0 Å². The molecule has 0 aromatic heterocycles. The van der Waals surface area contributed by atoms with Gasteiger partial charge in [0, 0.05) is 0 Å². The van der Waals surface area contributed by atoms with E-state index in [9.17, 15) is 0 Å². The summed E-state index contributed by atoms with van der Waals surface area (Å²) in [5, 5.41) is 8.87. The van der Waals surface area contributed by atoms with Crippen LogP contribution >= 0.6 is 35.6 Å². The van der Waals surface area contributed by atoms with Gasteiger partial charge in [-0.2, -0.15) is 0 Å². The molecule has 0 bridgehead atoms. The summed E-state index contributed by atoms with van der Waals surface area (Å²) in [6.07, 6.45) is 0. The minimum atomic E-state index is -0.219. The molecule has 0 saturated carbocycles. The van der Waals surface area contributed by atoms with Crippen LogP contribution in [0.5, 0.6) is 17.2 Å². The van der Waals surface area contributed by atoms with E-state index in [1.165, 1.54) is 12.1 Å². The molecule has 7 heteroatoms. The zero-order chi connectivity index (χ0) is 10.6. The molecule has 1 aromatic rings. The van der Waals surface area contributed by atoms with Crippen LogP contribution in [0.1, 0.15) is 5.56 Å². The van der Waals surface area contributed by atoms with E-state index in [0.29, 0.717) is 5.56 Å². The van der Waals surface area contributed by atoms with Crippen molar-refractivity contribution in [3.05, 3.63) is 17.7 Å². The molecule has 0 amide bonds. The monoisotopic (exact) mass is 258 g/mol. The number of hydrogen-bond donors (Lipinski definition) is 1. The van der Waals surface area contributed by atoms with E-state index < -0.39 is 0 Å².